The first kappa shape index (κ1) is 51.4. The van der Waals surface area contributed by atoms with E-state index in [1.807, 2.05) is 59.1 Å². The number of amides is 5. The van der Waals surface area contributed by atoms with E-state index in [0.717, 1.165) is 33.3 Å². The number of aryl methyl sites for hydroxylation is 1. The highest BCUT2D eigenvalue weighted by Gasteiger charge is 2.46. The van der Waals surface area contributed by atoms with Crippen molar-refractivity contribution in [3.05, 3.63) is 58.2 Å². The summed E-state index contributed by atoms with van der Waals surface area (Å²) < 4.78 is 19.4. The molecule has 4 aliphatic rings. The lowest BCUT2D eigenvalue weighted by Gasteiger charge is -2.44. The quantitative estimate of drug-likeness (QED) is 0.137. The summed E-state index contributed by atoms with van der Waals surface area (Å²) in [7, 11) is 3.19. The van der Waals surface area contributed by atoms with E-state index < -0.39 is 47.0 Å². The Morgan fingerprint density at radius 2 is 1.87 bits per heavy atom. The number of likely N-dealkylation sites (tertiary alicyclic amines) is 1. The van der Waals surface area contributed by atoms with Gasteiger partial charge in [-0.3, -0.25) is 24.4 Å². The number of rotatable bonds is 11. The van der Waals surface area contributed by atoms with Gasteiger partial charge in [0.1, 0.15) is 12.1 Å². The van der Waals surface area contributed by atoms with Crippen LogP contribution in [0.1, 0.15) is 77.6 Å². The molecule has 69 heavy (non-hydrogen) atoms. The van der Waals surface area contributed by atoms with Crippen LogP contribution in [0.5, 0.6) is 0 Å². The summed E-state index contributed by atoms with van der Waals surface area (Å²) in [5.74, 6) is -2.82. The Kier molecular flexibility index (Phi) is 15.8. The molecule has 4 atom stereocenters. The Hall–Kier alpha value is -5.47. The first-order valence-corrected chi connectivity index (χ1v) is 24.9. The molecule has 18 nitrogen and oxygen atoms in total. The van der Waals surface area contributed by atoms with Gasteiger partial charge in [0, 0.05) is 105 Å². The Balaban J connectivity index is 1.24. The molecule has 0 aliphatic carbocycles. The Morgan fingerprint density at radius 3 is 2.52 bits per heavy atom. The van der Waals surface area contributed by atoms with Gasteiger partial charge in [0.15, 0.2) is 0 Å². The molecule has 3 N–H and O–H groups in total. The van der Waals surface area contributed by atoms with E-state index in [9.17, 15) is 29.1 Å². The fraction of sp³-hybridized carbons (Fsp3) is 0.580. The van der Waals surface area contributed by atoms with Crippen molar-refractivity contribution in [2.45, 2.75) is 105 Å². The molecule has 3 fully saturated rings. The van der Waals surface area contributed by atoms with Crippen LogP contribution in [0.25, 0.3) is 27.7 Å². The first-order valence-electron chi connectivity index (χ1n) is 24.0. The van der Waals surface area contributed by atoms with Crippen LogP contribution < -0.4 is 10.7 Å². The van der Waals surface area contributed by atoms with Crippen LogP contribution in [0.2, 0.25) is 0 Å². The number of aliphatic imine (C=N–C) groups is 1. The molecule has 6 bridgehead atoms. The number of carbonyl (C=O) groups excluding carboxylic acids is 5. The van der Waals surface area contributed by atoms with Crippen LogP contribution in [0.3, 0.4) is 0 Å². The number of ether oxygens (including phenoxy) is 3. The number of allylic oxidation sites excluding steroid dienone is 2. The number of benzene rings is 1. The van der Waals surface area contributed by atoms with Crippen molar-refractivity contribution in [1.82, 2.24) is 40.0 Å². The molecule has 0 radical (unpaired) electrons. The molecule has 19 heteroatoms. The lowest BCUT2D eigenvalue weighted by Crippen LogP contribution is -2.67. The summed E-state index contributed by atoms with van der Waals surface area (Å²) in [6, 6.07) is 3.58. The lowest BCUT2D eigenvalue weighted by atomic mass is 9.84. The van der Waals surface area contributed by atoms with Gasteiger partial charge < -0.3 is 43.9 Å². The zero-order chi connectivity index (χ0) is 49.9. The zero-order valence-corrected chi connectivity index (χ0v) is 42.3. The Labute approximate surface area is 408 Å². The van der Waals surface area contributed by atoms with Crippen LogP contribution in [0, 0.1) is 17.3 Å². The third kappa shape index (κ3) is 10.7. The number of thiazole rings is 1. The van der Waals surface area contributed by atoms with E-state index in [1.54, 1.807) is 30.2 Å². The molecule has 6 heterocycles. The average Bonchev–Trinajstić information content (AvgIpc) is 3.90. The molecule has 4 aliphatic heterocycles. The second kappa shape index (κ2) is 21.3. The highest BCUT2D eigenvalue weighted by molar-refractivity contribution is 7.10. The molecule has 5 amide bonds. The van der Waals surface area contributed by atoms with Crippen molar-refractivity contribution in [1.29, 1.82) is 0 Å². The fourth-order valence-corrected chi connectivity index (χ4v) is 10.7. The third-order valence-corrected chi connectivity index (χ3v) is 14.5. The van der Waals surface area contributed by atoms with Gasteiger partial charge in [0.2, 0.25) is 17.5 Å². The molecule has 7 rings (SSSR count). The van der Waals surface area contributed by atoms with Gasteiger partial charge in [-0.2, -0.15) is 5.43 Å². The molecular formula is C50H69N9O9S. The van der Waals surface area contributed by atoms with Crippen LogP contribution >= 0.6 is 11.3 Å². The largest absolute Gasteiger partial charge is 0.462 e. The van der Waals surface area contributed by atoms with Crippen LogP contribution in [0.4, 0.5) is 4.79 Å². The fourth-order valence-electron chi connectivity index (χ4n) is 9.87. The number of morpholine rings is 1. The van der Waals surface area contributed by atoms with E-state index in [0.29, 0.717) is 55.7 Å². The number of fused-ring (bicyclic) bond motifs is 6. The number of nitrogens with one attached hydrogen (secondary N) is 2. The number of urea groups is 1. The van der Waals surface area contributed by atoms with Crippen molar-refractivity contribution in [3.63, 3.8) is 0 Å². The van der Waals surface area contributed by atoms with Crippen molar-refractivity contribution >= 4 is 63.7 Å². The second-order valence-corrected chi connectivity index (χ2v) is 20.5. The monoisotopic (exact) mass is 971 g/mol. The van der Waals surface area contributed by atoms with E-state index >= 15 is 0 Å². The molecule has 1 aromatic carbocycles. The van der Waals surface area contributed by atoms with Gasteiger partial charge in [-0.1, -0.05) is 46.4 Å². The highest BCUT2D eigenvalue weighted by atomic mass is 32.1. The molecule has 374 valence electrons. The number of hydrazine groups is 1. The molecule has 2 aromatic heterocycles. The summed E-state index contributed by atoms with van der Waals surface area (Å²) in [4.78, 5) is 84.7. The predicted molar refractivity (Wildman–Crippen MR) is 264 cm³/mol. The van der Waals surface area contributed by atoms with Gasteiger partial charge in [0.25, 0.3) is 5.91 Å². The molecule has 0 spiro atoms. The minimum atomic E-state index is -2.25. The number of hydrogen-bond acceptors (Lipinski definition) is 13. The Morgan fingerprint density at radius 1 is 1.14 bits per heavy atom. The first-order chi connectivity index (χ1) is 32.8. The molecule has 0 unspecified atom stereocenters. The normalized spacial score (nSPS) is 22.7. The highest BCUT2D eigenvalue weighted by Crippen LogP contribution is 2.40. The minimum Gasteiger partial charge on any atom is -0.462 e. The summed E-state index contributed by atoms with van der Waals surface area (Å²) in [5.41, 5.74) is 5.77. The minimum absolute atomic E-state index is 0.0112. The summed E-state index contributed by atoms with van der Waals surface area (Å²) in [6.07, 6.45) is 3.85. The molecular weight excluding hydrogens is 903 g/mol. The maximum Gasteiger partial charge on any atom is 0.355 e. The van der Waals surface area contributed by atoms with Crippen molar-refractivity contribution < 1.29 is 43.3 Å². The summed E-state index contributed by atoms with van der Waals surface area (Å²) >= 11 is 1.35. The number of likely N-dealkylation sites (N-methyl/N-ethyl adjacent to an activating group) is 1. The standard InChI is InChI=1S/C50H69N9O9S/c1-11-34(41(51-12-2)31(6)66-10)43-36-25-49(7,8)29-68-47(63)50(65)17-14-18-59(54-50)46(62)37(24-40-52-38(28-69-40)32-15-16-39(35(36)23-32)58(43)13-3)53-44(60)42(30(4)5)55(9)48(64)57-26-33(27-57)45(61)56-19-21-67-22-20-56/h11-12,15-16,23,28,30-31,33,37,42,54,65H,1,13-14,17-22,24-27,29H2,2-10H3,(H,53,60)/b41-34+,51-12?/t31-,37-,42-,50-/m0/s1. The van der Waals surface area contributed by atoms with Crippen molar-refractivity contribution in [3.8, 4) is 11.3 Å². The smallest absolute Gasteiger partial charge is 0.355 e. The number of methoxy groups -OCH3 is 1. The Bertz CT molecular complexity index is 2500. The van der Waals surface area contributed by atoms with Crippen LogP contribution in [-0.2, 0) is 52.8 Å². The van der Waals surface area contributed by atoms with Gasteiger partial charge in [-0.25, -0.2) is 14.6 Å². The van der Waals surface area contributed by atoms with Crippen LogP contribution in [-0.4, -0.2) is 161 Å². The number of esters is 1. The van der Waals surface area contributed by atoms with E-state index in [-0.39, 0.29) is 69.4 Å². The van der Waals surface area contributed by atoms with E-state index in [2.05, 4.69) is 40.9 Å². The molecule has 3 saturated heterocycles. The number of nitrogens with zero attached hydrogens (tertiary/aromatic N) is 7. The maximum atomic E-state index is 14.7. The number of aliphatic hydroxyl groups is 1. The summed E-state index contributed by atoms with van der Waals surface area (Å²) in [5, 5.41) is 19.4. The van der Waals surface area contributed by atoms with E-state index in [1.165, 1.54) is 21.2 Å². The average molecular weight is 972 g/mol. The number of hydrogen-bond donors (Lipinski definition) is 3. The molecule has 0 saturated carbocycles. The van der Waals surface area contributed by atoms with Crippen LogP contribution in [0.15, 0.2) is 46.9 Å². The maximum absolute atomic E-state index is 14.7. The number of carbonyl (C=O) groups is 5. The predicted octanol–water partition coefficient (Wildman–Crippen LogP) is 4.64. The number of cyclic esters (lactones) is 1. The lowest BCUT2D eigenvalue weighted by molar-refractivity contribution is -0.189. The van der Waals surface area contributed by atoms with Gasteiger partial charge in [0.05, 0.1) is 53.9 Å². The van der Waals surface area contributed by atoms with Gasteiger partial charge in [-0.05, 0) is 57.2 Å². The second-order valence-electron chi connectivity index (χ2n) is 19.6. The SMILES string of the molecule is C=C/C(=C(\N=CC)[C@H](C)OC)c1c2c3cc(ccc3n1CC)-c1csc(n1)C[C@H](NC(=O)[C@H](C(C)C)N(C)C(=O)N1CC(C(=O)N3CCOCC3)C1)C(=O)N1CCC[C@@](O)(N1)C(=O)OCC(C)(C)C2. The van der Waals surface area contributed by atoms with Crippen molar-refractivity contribution in [2.24, 2.45) is 22.2 Å². The van der Waals surface area contributed by atoms with Gasteiger partial charge in [-0.15, -0.1) is 11.3 Å². The van der Waals surface area contributed by atoms with E-state index in [4.69, 9.17) is 24.2 Å². The van der Waals surface area contributed by atoms with Crippen molar-refractivity contribution in [2.75, 3.05) is 66.7 Å². The number of aromatic nitrogens is 2. The third-order valence-electron chi connectivity index (χ3n) is 13.6. The zero-order valence-electron chi connectivity index (χ0n) is 41.5. The topological polar surface area (TPSA) is 200 Å². The summed E-state index contributed by atoms with van der Waals surface area (Å²) in [6.45, 7) is 20.9. The molecule has 3 aromatic rings. The van der Waals surface area contributed by atoms with Gasteiger partial charge >= 0.3 is 12.0 Å².